The van der Waals surface area contributed by atoms with Crippen molar-refractivity contribution in [3.05, 3.63) is 380 Å². The van der Waals surface area contributed by atoms with Crippen LogP contribution in [-0.4, -0.2) is 15.8 Å². The predicted octanol–water partition coefficient (Wildman–Crippen LogP) is 27.5. The van der Waals surface area contributed by atoms with E-state index in [9.17, 15) is 19.2 Å². The standard InChI is InChI=1S/C108H87BN4/c1-106(2,3)80-61-78(62-81(65-80)107(4,5)6)79-63-101-103-102(64-79)113(105-91(74-35-18-12-19-36-74)66-82(108(7,8)9)67-92(105)75-37-20-13-21-38-75)100-69-84(111-97-47-28-24-41-89(97)90-42-25-29-48-98(90)111)58-60-94(100)109(103)93-59-57-83(110-95-45-26-22-39-87(95)88-40-23-27-46-96(88)110)68-99(93)112(101)104-85(76-53-49-72(50-54-76)70-31-14-10-15-32-70)43-30-44-86(104)77-55-51-73(52-56-77)71-33-16-11-17-34-71/h10-69H,1-9H3/i22D,23D,24D,25D,26D,27D,28D,39D,40D,41D,42D,45D,46D,47D,48D. The molecule has 0 aliphatic carbocycles. The number of nitrogens with zero attached hydrogens (tertiary/aromatic N) is 4. The first-order valence-electron chi connectivity index (χ1n) is 46.2. The Morgan fingerprint density at radius 2 is 0.575 bits per heavy atom. The second-order valence-electron chi connectivity index (χ2n) is 32.9. The van der Waals surface area contributed by atoms with Gasteiger partial charge in [0.2, 0.25) is 0 Å². The van der Waals surface area contributed by atoms with Crippen LogP contribution in [0.4, 0.5) is 34.1 Å². The molecule has 18 aromatic rings. The molecule has 0 spiro atoms. The summed E-state index contributed by atoms with van der Waals surface area (Å²) in [5, 5.41) is -0.108. The summed E-state index contributed by atoms with van der Waals surface area (Å²) in [7, 11) is 0. The Bertz CT molecular complexity index is 7450. The van der Waals surface area contributed by atoms with E-state index in [-0.39, 0.29) is 72.6 Å². The molecule has 16 aromatic carbocycles. The van der Waals surface area contributed by atoms with Gasteiger partial charge in [-0.15, -0.1) is 0 Å². The zero-order chi connectivity index (χ0) is 89.7. The van der Waals surface area contributed by atoms with E-state index < -0.39 is 84.6 Å². The lowest BCUT2D eigenvalue weighted by Gasteiger charge is -2.46. The number of fused-ring (bicyclic) bond motifs is 10. The van der Waals surface area contributed by atoms with Gasteiger partial charge in [-0.05, 0) is 178 Å². The third-order valence-corrected chi connectivity index (χ3v) is 22.9. The summed E-state index contributed by atoms with van der Waals surface area (Å²) >= 11 is 0. The smallest absolute Gasteiger partial charge is 0.252 e. The average Bonchev–Trinajstić information content (AvgIpc) is 1.32. The number of aromatic nitrogens is 2. The van der Waals surface area contributed by atoms with Crippen molar-refractivity contribution in [2.24, 2.45) is 0 Å². The lowest BCUT2D eigenvalue weighted by atomic mass is 9.33. The molecule has 2 aliphatic heterocycles. The van der Waals surface area contributed by atoms with Gasteiger partial charge in [-0.25, -0.2) is 0 Å². The fraction of sp³-hybridized carbons (Fsp3) is 0.111. The SMILES string of the molecule is [2H]c1cc([2H])c2c(c1[2H])c1c([2H])c([2H])c([2H])c([2H])c1n2-c1ccc2c(c1)N(c1c(-c3ccccc3)cc(C(C)(C)C)cc1-c1ccccc1)c1cc(-c3cc(C(C)(C)C)cc(C(C)(C)C)c3)cc3c1B2c1ccc(-n2c4c([2H])c([2H])c([2H])c([2H])c4c4c([2H])c([2H])c([2H])c([2H])c42)cc1N3c1c(-c2ccc(-c3ccccc3)cc2)cccc1-c1ccc(-c2ccccc2)cc1. The Hall–Kier alpha value is -13.2. The second-order valence-corrected chi connectivity index (χ2v) is 32.9. The van der Waals surface area contributed by atoms with Crippen LogP contribution in [0.2, 0.25) is 0 Å². The summed E-state index contributed by atoms with van der Waals surface area (Å²) in [5.74, 6) is 0. The normalized spacial score (nSPS) is 14.6. The number of hydrogen-bond acceptors (Lipinski definition) is 2. The van der Waals surface area contributed by atoms with Crippen LogP contribution in [0.5, 0.6) is 0 Å². The molecule has 0 radical (unpaired) electrons. The first-order chi connectivity index (χ1) is 61.2. The Labute approximate surface area is 685 Å². The van der Waals surface area contributed by atoms with E-state index in [1.54, 1.807) is 9.13 Å². The lowest BCUT2D eigenvalue weighted by molar-refractivity contribution is 0.569. The molecule has 0 bridgehead atoms. The molecule has 2 aliphatic rings. The molecule has 0 amide bonds. The van der Waals surface area contributed by atoms with Crippen LogP contribution in [0, 0.1) is 0 Å². The Balaban J connectivity index is 1.02. The fourth-order valence-electron chi connectivity index (χ4n) is 17.1. The molecule has 0 saturated carbocycles. The minimum Gasteiger partial charge on any atom is -0.310 e. The lowest BCUT2D eigenvalue weighted by Crippen LogP contribution is -2.61. The monoisotopic (exact) mass is 1470 g/mol. The van der Waals surface area contributed by atoms with E-state index in [2.05, 4.69) is 260 Å². The second kappa shape index (κ2) is 26.8. The van der Waals surface area contributed by atoms with E-state index in [4.69, 9.17) is 1.37 Å². The van der Waals surface area contributed by atoms with Crippen molar-refractivity contribution in [3.8, 4) is 89.3 Å². The van der Waals surface area contributed by atoms with Gasteiger partial charge < -0.3 is 18.9 Å². The van der Waals surface area contributed by atoms with Gasteiger partial charge in [-0.3, -0.25) is 0 Å². The maximum Gasteiger partial charge on any atom is 0.252 e. The molecule has 542 valence electrons. The largest absolute Gasteiger partial charge is 0.310 e. The van der Waals surface area contributed by atoms with Crippen molar-refractivity contribution in [2.45, 2.75) is 78.6 Å². The van der Waals surface area contributed by atoms with Crippen LogP contribution in [0.15, 0.2) is 364 Å². The van der Waals surface area contributed by atoms with Gasteiger partial charge in [0.1, 0.15) is 0 Å². The Morgan fingerprint density at radius 1 is 0.248 bits per heavy atom. The third-order valence-electron chi connectivity index (χ3n) is 22.9. The average molecular weight is 1470 g/mol. The van der Waals surface area contributed by atoms with Crippen LogP contribution in [0.25, 0.3) is 133 Å². The fourth-order valence-corrected chi connectivity index (χ4v) is 17.1. The van der Waals surface area contributed by atoms with E-state index in [1.165, 1.54) is 6.07 Å². The zero-order valence-corrected chi connectivity index (χ0v) is 64.3. The number of anilines is 6. The minimum absolute atomic E-state index is 0.000775. The molecule has 113 heavy (non-hydrogen) atoms. The highest BCUT2D eigenvalue weighted by Crippen LogP contribution is 2.56. The predicted molar refractivity (Wildman–Crippen MR) is 483 cm³/mol. The number of benzene rings is 16. The topological polar surface area (TPSA) is 16.3 Å². The van der Waals surface area contributed by atoms with Gasteiger partial charge in [0.05, 0.1) is 54.0 Å². The first kappa shape index (κ1) is 54.4. The van der Waals surface area contributed by atoms with Crippen LogP contribution >= 0.6 is 0 Å². The van der Waals surface area contributed by atoms with Crippen molar-refractivity contribution in [3.63, 3.8) is 0 Å². The molecule has 5 heteroatoms. The van der Waals surface area contributed by atoms with Crippen molar-refractivity contribution in [1.29, 1.82) is 0 Å². The zero-order valence-electron chi connectivity index (χ0n) is 79.3. The molecule has 0 N–H and O–H groups in total. The molecular weight excluding hydrogens is 1360 g/mol. The number of hydrogen-bond donors (Lipinski definition) is 0. The third kappa shape index (κ3) is 11.7. The van der Waals surface area contributed by atoms with E-state index in [1.807, 2.05) is 78.9 Å². The summed E-state index contributed by atoms with van der Waals surface area (Å²) in [6, 6.07) is 87.8. The first-order valence-corrected chi connectivity index (χ1v) is 38.7. The number of rotatable bonds is 11. The van der Waals surface area contributed by atoms with Gasteiger partial charge in [-0.1, -0.05) is 353 Å². The highest BCUT2D eigenvalue weighted by molar-refractivity contribution is 7.00. The van der Waals surface area contributed by atoms with Crippen molar-refractivity contribution in [2.75, 3.05) is 9.80 Å². The van der Waals surface area contributed by atoms with Crippen LogP contribution in [0.1, 0.15) is 99.6 Å². The Morgan fingerprint density at radius 3 is 0.982 bits per heavy atom. The van der Waals surface area contributed by atoms with E-state index >= 15 is 0 Å². The van der Waals surface area contributed by atoms with Crippen molar-refractivity contribution in [1.82, 2.24) is 9.13 Å². The molecule has 0 saturated heterocycles. The maximum atomic E-state index is 10.0. The highest BCUT2D eigenvalue weighted by Gasteiger charge is 2.46. The van der Waals surface area contributed by atoms with Crippen LogP contribution in [0.3, 0.4) is 0 Å². The van der Waals surface area contributed by atoms with E-state index in [0.717, 1.165) is 134 Å². The van der Waals surface area contributed by atoms with Crippen LogP contribution in [-0.2, 0) is 16.2 Å². The van der Waals surface area contributed by atoms with Crippen molar-refractivity contribution < 1.29 is 20.6 Å². The van der Waals surface area contributed by atoms with Gasteiger partial charge in [0, 0.05) is 77.9 Å². The highest BCUT2D eigenvalue weighted by atomic mass is 15.2. The van der Waals surface area contributed by atoms with Gasteiger partial charge >= 0.3 is 0 Å². The van der Waals surface area contributed by atoms with Crippen molar-refractivity contribution >= 4 is 101 Å². The summed E-state index contributed by atoms with van der Waals surface area (Å²) in [5.41, 5.74) is 22.1. The number of para-hydroxylation sites is 5. The molecule has 0 unspecified atom stereocenters. The summed E-state index contributed by atoms with van der Waals surface area (Å²) in [6.45, 7) is 19.3. The molecule has 2 aromatic heterocycles. The van der Waals surface area contributed by atoms with Crippen LogP contribution < -0.4 is 26.2 Å². The van der Waals surface area contributed by atoms with Gasteiger partial charge in [0.15, 0.2) is 0 Å². The molecular formula is C108H87BN4. The molecule has 4 heterocycles. The molecule has 0 atom stereocenters. The molecule has 0 fully saturated rings. The maximum absolute atomic E-state index is 10.0. The summed E-state index contributed by atoms with van der Waals surface area (Å²) < 4.78 is 147. The molecule has 20 rings (SSSR count). The van der Waals surface area contributed by atoms with Gasteiger partial charge in [-0.2, -0.15) is 0 Å². The summed E-state index contributed by atoms with van der Waals surface area (Å²) in [6.07, 6.45) is 0. The quantitative estimate of drug-likeness (QED) is 0.120. The van der Waals surface area contributed by atoms with Gasteiger partial charge in [0.25, 0.3) is 6.71 Å². The Kier molecular flexibility index (Phi) is 12.9. The summed E-state index contributed by atoms with van der Waals surface area (Å²) in [4.78, 5) is 4.76. The van der Waals surface area contributed by atoms with E-state index in [0.29, 0.717) is 22.7 Å². The molecule has 4 nitrogen and oxygen atoms in total. The minimum atomic E-state index is -0.790.